The second-order valence-corrected chi connectivity index (χ2v) is 3.84. The van der Waals surface area contributed by atoms with E-state index in [1.807, 2.05) is 0 Å². The van der Waals surface area contributed by atoms with E-state index in [9.17, 15) is 14.4 Å². The third-order valence-corrected chi connectivity index (χ3v) is 2.11. The maximum Gasteiger partial charge on any atom is 0.339 e. The van der Waals surface area contributed by atoms with Crippen molar-refractivity contribution in [2.75, 3.05) is 5.32 Å². The zero-order valence-electron chi connectivity index (χ0n) is 10.5. The molecule has 0 fully saturated rings. The van der Waals surface area contributed by atoms with E-state index in [1.165, 1.54) is 25.1 Å². The molecule has 0 heterocycles. The van der Waals surface area contributed by atoms with Gasteiger partial charge in [0.05, 0.1) is 0 Å². The number of anilines is 1. The molecule has 6 heteroatoms. The highest BCUT2D eigenvalue weighted by atomic mass is 16.5. The van der Waals surface area contributed by atoms with E-state index >= 15 is 0 Å². The molecule has 1 amide bonds. The van der Waals surface area contributed by atoms with E-state index in [-0.39, 0.29) is 11.3 Å². The molecule has 0 saturated carbocycles. The fourth-order valence-electron chi connectivity index (χ4n) is 1.25. The molecule has 0 bridgehead atoms. The normalized spacial score (nSPS) is 9.58. The fraction of sp³-hybridized carbons (Fsp3) is 0.154. The van der Waals surface area contributed by atoms with Crippen LogP contribution in [-0.4, -0.2) is 23.0 Å². The molecule has 0 aromatic heterocycles. The second-order valence-electron chi connectivity index (χ2n) is 3.84. The number of carbonyl (C=O) groups excluding carboxylic acids is 2. The van der Waals surface area contributed by atoms with E-state index in [0.717, 1.165) is 6.92 Å². The molecule has 0 spiro atoms. The lowest BCUT2D eigenvalue weighted by molar-refractivity contribution is -0.131. The van der Waals surface area contributed by atoms with Crippen LogP contribution in [0.15, 0.2) is 30.4 Å². The third kappa shape index (κ3) is 3.95. The Morgan fingerprint density at radius 1 is 1.26 bits per heavy atom. The van der Waals surface area contributed by atoms with Crippen molar-refractivity contribution in [2.24, 2.45) is 0 Å². The Kier molecular flexibility index (Phi) is 4.41. The highest BCUT2D eigenvalue weighted by molar-refractivity contribution is 6.03. The van der Waals surface area contributed by atoms with Crippen LogP contribution in [0.5, 0.6) is 5.75 Å². The monoisotopic (exact) mass is 263 g/mol. The van der Waals surface area contributed by atoms with Crippen LogP contribution < -0.4 is 10.1 Å². The number of ether oxygens (including phenoxy) is 1. The summed E-state index contributed by atoms with van der Waals surface area (Å²) < 4.78 is 4.80. The van der Waals surface area contributed by atoms with Gasteiger partial charge in [0.15, 0.2) is 0 Å². The fourth-order valence-corrected chi connectivity index (χ4v) is 1.25. The van der Waals surface area contributed by atoms with Crippen LogP contribution in [0.4, 0.5) is 5.69 Å². The maximum atomic E-state index is 11.4. The molecule has 0 aliphatic rings. The summed E-state index contributed by atoms with van der Waals surface area (Å²) in [5.74, 6) is -2.41. The van der Waals surface area contributed by atoms with Crippen molar-refractivity contribution in [1.82, 2.24) is 0 Å². The summed E-state index contributed by atoms with van der Waals surface area (Å²) in [6.45, 7) is 6.17. The van der Waals surface area contributed by atoms with Gasteiger partial charge in [-0.1, -0.05) is 6.58 Å². The predicted octanol–water partition coefficient (Wildman–Crippen LogP) is 1.82. The SMILES string of the molecule is C=C(C)C(=O)Nc1ccc(C(=O)O)c(OC(C)=O)c1. The maximum absolute atomic E-state index is 11.4. The van der Waals surface area contributed by atoms with Crippen molar-refractivity contribution in [2.45, 2.75) is 13.8 Å². The summed E-state index contributed by atoms with van der Waals surface area (Å²) in [4.78, 5) is 33.3. The molecule has 100 valence electrons. The first-order chi connectivity index (χ1) is 8.81. The Morgan fingerprint density at radius 3 is 2.37 bits per heavy atom. The van der Waals surface area contributed by atoms with Gasteiger partial charge in [0.2, 0.25) is 0 Å². The van der Waals surface area contributed by atoms with E-state index in [1.54, 1.807) is 0 Å². The van der Waals surface area contributed by atoms with Crippen LogP contribution >= 0.6 is 0 Å². The van der Waals surface area contributed by atoms with Gasteiger partial charge in [-0.15, -0.1) is 0 Å². The lowest BCUT2D eigenvalue weighted by Gasteiger charge is -2.09. The number of carbonyl (C=O) groups is 3. The smallest absolute Gasteiger partial charge is 0.339 e. The molecule has 0 unspecified atom stereocenters. The highest BCUT2D eigenvalue weighted by Crippen LogP contribution is 2.24. The van der Waals surface area contributed by atoms with Crippen LogP contribution in [0.3, 0.4) is 0 Å². The van der Waals surface area contributed by atoms with Crippen molar-refractivity contribution in [3.8, 4) is 5.75 Å². The summed E-state index contributed by atoms with van der Waals surface area (Å²) in [6.07, 6.45) is 0. The molecule has 0 atom stereocenters. The van der Waals surface area contributed by atoms with Crippen molar-refractivity contribution in [3.63, 3.8) is 0 Å². The summed E-state index contributed by atoms with van der Waals surface area (Å²) in [7, 11) is 0. The molecule has 0 aliphatic carbocycles. The van der Waals surface area contributed by atoms with Gasteiger partial charge in [0.25, 0.3) is 5.91 Å². The van der Waals surface area contributed by atoms with Gasteiger partial charge in [-0.3, -0.25) is 9.59 Å². The Bertz CT molecular complexity index is 562. The van der Waals surface area contributed by atoms with Crippen LogP contribution in [0.2, 0.25) is 0 Å². The van der Waals surface area contributed by atoms with Gasteiger partial charge in [0, 0.05) is 24.3 Å². The Labute approximate surface area is 109 Å². The second kappa shape index (κ2) is 5.81. The minimum absolute atomic E-state index is 0.125. The Balaban J connectivity index is 3.10. The molecule has 1 aromatic carbocycles. The number of carboxylic acid groups (broad SMARTS) is 1. The average molecular weight is 263 g/mol. The first-order valence-electron chi connectivity index (χ1n) is 5.34. The molecule has 0 saturated heterocycles. The van der Waals surface area contributed by atoms with E-state index in [2.05, 4.69) is 11.9 Å². The number of rotatable bonds is 4. The number of esters is 1. The Hall–Kier alpha value is -2.63. The molecule has 2 N–H and O–H groups in total. The average Bonchev–Trinajstić information content (AvgIpc) is 2.27. The van der Waals surface area contributed by atoms with Crippen molar-refractivity contribution >= 4 is 23.5 Å². The summed E-state index contributed by atoms with van der Waals surface area (Å²) in [6, 6.07) is 3.91. The van der Waals surface area contributed by atoms with Gasteiger partial charge >= 0.3 is 11.9 Å². The first kappa shape index (κ1) is 14.4. The van der Waals surface area contributed by atoms with Gasteiger partial charge in [-0.05, 0) is 19.1 Å². The molecular formula is C13H13NO5. The molecular weight excluding hydrogens is 250 g/mol. The van der Waals surface area contributed by atoms with Crippen molar-refractivity contribution in [3.05, 3.63) is 35.9 Å². The number of hydrogen-bond acceptors (Lipinski definition) is 4. The van der Waals surface area contributed by atoms with E-state index in [4.69, 9.17) is 9.84 Å². The Morgan fingerprint density at radius 2 is 1.89 bits per heavy atom. The third-order valence-electron chi connectivity index (χ3n) is 2.11. The minimum Gasteiger partial charge on any atom is -0.478 e. The predicted molar refractivity (Wildman–Crippen MR) is 68.2 cm³/mol. The zero-order valence-corrected chi connectivity index (χ0v) is 10.5. The first-order valence-corrected chi connectivity index (χ1v) is 5.34. The lowest BCUT2D eigenvalue weighted by atomic mass is 10.1. The van der Waals surface area contributed by atoms with Crippen LogP contribution in [0.25, 0.3) is 0 Å². The summed E-state index contributed by atoms with van der Waals surface area (Å²) >= 11 is 0. The van der Waals surface area contributed by atoms with Crippen molar-refractivity contribution in [1.29, 1.82) is 0 Å². The number of hydrogen-bond donors (Lipinski definition) is 2. The minimum atomic E-state index is -1.23. The van der Waals surface area contributed by atoms with Gasteiger partial charge in [-0.25, -0.2) is 4.79 Å². The summed E-state index contributed by atoms with van der Waals surface area (Å²) in [5, 5.41) is 11.4. The van der Waals surface area contributed by atoms with Crippen molar-refractivity contribution < 1.29 is 24.2 Å². The zero-order chi connectivity index (χ0) is 14.6. The highest BCUT2D eigenvalue weighted by Gasteiger charge is 2.14. The molecule has 0 aliphatic heterocycles. The number of aromatic carboxylic acids is 1. The quantitative estimate of drug-likeness (QED) is 0.491. The molecule has 19 heavy (non-hydrogen) atoms. The molecule has 1 aromatic rings. The number of amides is 1. The topological polar surface area (TPSA) is 92.7 Å². The molecule has 0 radical (unpaired) electrons. The van der Waals surface area contributed by atoms with Crippen LogP contribution in [-0.2, 0) is 9.59 Å². The van der Waals surface area contributed by atoms with Gasteiger partial charge in [0.1, 0.15) is 11.3 Å². The summed E-state index contributed by atoms with van der Waals surface area (Å²) in [5.41, 5.74) is 0.453. The largest absolute Gasteiger partial charge is 0.478 e. The number of benzene rings is 1. The van der Waals surface area contributed by atoms with E-state index in [0.29, 0.717) is 11.3 Å². The van der Waals surface area contributed by atoms with Gasteiger partial charge < -0.3 is 15.2 Å². The van der Waals surface area contributed by atoms with E-state index < -0.39 is 17.8 Å². The standard InChI is InChI=1S/C13H13NO5/c1-7(2)12(16)14-9-4-5-10(13(17)18)11(6-9)19-8(3)15/h4-6H,1H2,2-3H3,(H,14,16)(H,17,18). The lowest BCUT2D eigenvalue weighted by Crippen LogP contribution is -2.13. The van der Waals surface area contributed by atoms with Gasteiger partial charge in [-0.2, -0.15) is 0 Å². The number of nitrogens with one attached hydrogen (secondary N) is 1. The van der Waals surface area contributed by atoms with Crippen LogP contribution in [0, 0.1) is 0 Å². The number of carboxylic acids is 1. The molecule has 1 rings (SSSR count). The van der Waals surface area contributed by atoms with Crippen LogP contribution in [0.1, 0.15) is 24.2 Å². The molecule has 6 nitrogen and oxygen atoms in total.